The van der Waals surface area contributed by atoms with E-state index in [9.17, 15) is 4.79 Å². The summed E-state index contributed by atoms with van der Waals surface area (Å²) >= 11 is 0. The van der Waals surface area contributed by atoms with Crippen LogP contribution < -0.4 is 5.73 Å². The average molecular weight is 143 g/mol. The maximum Gasteiger partial charge on any atom is 0.252 e. The Kier molecular flexibility index (Phi) is 1.68. The normalized spacial score (nSPS) is 37.6. The van der Waals surface area contributed by atoms with Crippen molar-refractivity contribution in [1.82, 2.24) is 0 Å². The molecule has 0 bridgehead atoms. The Hall–Kier alpha value is -0.570. The van der Waals surface area contributed by atoms with Crippen molar-refractivity contribution in [2.45, 2.75) is 38.4 Å². The number of carbonyl (C=O) groups excluding carboxylic acids is 1. The van der Waals surface area contributed by atoms with E-state index in [0.29, 0.717) is 0 Å². The Labute approximate surface area is 60.5 Å². The van der Waals surface area contributed by atoms with Crippen LogP contribution >= 0.6 is 0 Å². The largest absolute Gasteiger partial charge is 0.367 e. The van der Waals surface area contributed by atoms with E-state index in [1.165, 1.54) is 0 Å². The molecule has 0 saturated carbocycles. The summed E-state index contributed by atoms with van der Waals surface area (Å²) in [6.45, 7) is 3.89. The minimum absolute atomic E-state index is 0.0324. The van der Waals surface area contributed by atoms with Crippen LogP contribution in [0.25, 0.3) is 0 Å². The van der Waals surface area contributed by atoms with E-state index in [-0.39, 0.29) is 12.0 Å². The summed E-state index contributed by atoms with van der Waals surface area (Å²) in [7, 11) is 0. The van der Waals surface area contributed by atoms with Crippen LogP contribution in [-0.2, 0) is 9.53 Å². The second-order valence-electron chi connectivity index (χ2n) is 2.76. The molecule has 3 nitrogen and oxygen atoms in total. The van der Waals surface area contributed by atoms with Crippen molar-refractivity contribution in [1.29, 1.82) is 0 Å². The van der Waals surface area contributed by atoms with E-state index in [1.807, 2.05) is 13.8 Å². The fraction of sp³-hybridized carbons (Fsp3) is 0.857. The van der Waals surface area contributed by atoms with Gasteiger partial charge < -0.3 is 10.5 Å². The van der Waals surface area contributed by atoms with Gasteiger partial charge in [0.1, 0.15) is 0 Å². The Morgan fingerprint density at radius 1 is 1.80 bits per heavy atom. The van der Waals surface area contributed by atoms with Crippen LogP contribution in [0.2, 0.25) is 0 Å². The summed E-state index contributed by atoms with van der Waals surface area (Å²) in [5.41, 5.74) is 4.54. The molecule has 58 valence electrons. The first-order valence-corrected chi connectivity index (χ1v) is 3.61. The minimum Gasteiger partial charge on any atom is -0.367 e. The molecule has 1 heterocycles. The van der Waals surface area contributed by atoms with E-state index < -0.39 is 5.60 Å². The van der Waals surface area contributed by atoms with Crippen molar-refractivity contribution in [2.24, 2.45) is 5.73 Å². The lowest BCUT2D eigenvalue weighted by Gasteiger charge is -2.03. The highest BCUT2D eigenvalue weighted by atomic mass is 16.6. The molecule has 1 rings (SSSR count). The first-order chi connectivity index (χ1) is 4.63. The van der Waals surface area contributed by atoms with E-state index in [4.69, 9.17) is 10.5 Å². The van der Waals surface area contributed by atoms with Crippen LogP contribution in [0.4, 0.5) is 0 Å². The fourth-order valence-corrected chi connectivity index (χ4v) is 1.30. The van der Waals surface area contributed by atoms with Crippen molar-refractivity contribution < 1.29 is 9.53 Å². The zero-order valence-corrected chi connectivity index (χ0v) is 6.39. The molecule has 1 aliphatic heterocycles. The van der Waals surface area contributed by atoms with Crippen molar-refractivity contribution in [3.8, 4) is 0 Å². The minimum atomic E-state index is -0.602. The first kappa shape index (κ1) is 7.54. The van der Waals surface area contributed by atoms with Crippen molar-refractivity contribution in [3.05, 3.63) is 0 Å². The highest BCUT2D eigenvalue weighted by Crippen LogP contribution is 2.39. The molecule has 1 saturated heterocycles. The number of hydrogen-bond acceptors (Lipinski definition) is 2. The molecule has 1 fully saturated rings. The smallest absolute Gasteiger partial charge is 0.252 e. The molecule has 0 aromatic heterocycles. The Morgan fingerprint density at radius 2 is 2.30 bits per heavy atom. The molecule has 0 aromatic rings. The number of hydrogen-bond donors (Lipinski definition) is 1. The molecule has 10 heavy (non-hydrogen) atoms. The Morgan fingerprint density at radius 3 is 2.40 bits per heavy atom. The number of carbonyl (C=O) groups is 1. The van der Waals surface area contributed by atoms with Gasteiger partial charge in [0.25, 0.3) is 5.91 Å². The van der Waals surface area contributed by atoms with Gasteiger partial charge in [-0.15, -0.1) is 0 Å². The van der Waals surface area contributed by atoms with E-state index in [0.717, 1.165) is 12.8 Å². The van der Waals surface area contributed by atoms with Gasteiger partial charge in [-0.2, -0.15) is 0 Å². The molecule has 1 amide bonds. The summed E-state index contributed by atoms with van der Waals surface area (Å²) in [6.07, 6.45) is 1.72. The predicted molar refractivity (Wildman–Crippen MR) is 37.4 cm³/mol. The molecule has 0 aromatic carbocycles. The van der Waals surface area contributed by atoms with Crippen LogP contribution in [0.5, 0.6) is 0 Å². The number of epoxide rings is 1. The Bertz CT molecular complexity index is 158. The summed E-state index contributed by atoms with van der Waals surface area (Å²) in [6, 6.07) is 0. The number of primary amides is 1. The molecule has 1 aliphatic rings. The van der Waals surface area contributed by atoms with Crippen molar-refractivity contribution in [2.75, 3.05) is 0 Å². The van der Waals surface area contributed by atoms with Gasteiger partial charge in [0.05, 0.1) is 6.10 Å². The van der Waals surface area contributed by atoms with Crippen LogP contribution in [0, 0.1) is 0 Å². The van der Waals surface area contributed by atoms with Gasteiger partial charge in [-0.3, -0.25) is 4.79 Å². The lowest BCUT2D eigenvalue weighted by molar-refractivity contribution is -0.123. The standard InChI is InChI=1S/C7H13NO2/c1-3-4-7(6(8)9)5(2)10-7/h5H,3-4H2,1-2H3,(H2,8,9)/t5-,7+/m0/s1. The lowest BCUT2D eigenvalue weighted by atomic mass is 10.00. The molecule has 0 unspecified atom stereocenters. The van der Waals surface area contributed by atoms with E-state index in [2.05, 4.69) is 0 Å². The van der Waals surface area contributed by atoms with E-state index in [1.54, 1.807) is 0 Å². The molecule has 0 aliphatic carbocycles. The van der Waals surface area contributed by atoms with E-state index >= 15 is 0 Å². The predicted octanol–water partition coefficient (Wildman–Crippen LogP) is 0.429. The van der Waals surface area contributed by atoms with Gasteiger partial charge in [-0.1, -0.05) is 13.3 Å². The van der Waals surface area contributed by atoms with Crippen molar-refractivity contribution >= 4 is 5.91 Å². The van der Waals surface area contributed by atoms with Gasteiger partial charge in [0.2, 0.25) is 0 Å². The first-order valence-electron chi connectivity index (χ1n) is 3.61. The van der Waals surface area contributed by atoms with Crippen LogP contribution in [0.3, 0.4) is 0 Å². The monoisotopic (exact) mass is 143 g/mol. The van der Waals surface area contributed by atoms with Crippen LogP contribution in [0.15, 0.2) is 0 Å². The van der Waals surface area contributed by atoms with Crippen molar-refractivity contribution in [3.63, 3.8) is 0 Å². The molecular formula is C7H13NO2. The van der Waals surface area contributed by atoms with Crippen LogP contribution in [-0.4, -0.2) is 17.6 Å². The molecule has 2 atom stereocenters. The third-order valence-electron chi connectivity index (χ3n) is 2.03. The second-order valence-corrected chi connectivity index (χ2v) is 2.76. The third-order valence-corrected chi connectivity index (χ3v) is 2.03. The highest BCUT2D eigenvalue weighted by Gasteiger charge is 2.57. The molecular weight excluding hydrogens is 130 g/mol. The number of ether oxygens (including phenoxy) is 1. The van der Waals surface area contributed by atoms with Gasteiger partial charge in [-0.25, -0.2) is 0 Å². The quantitative estimate of drug-likeness (QED) is 0.582. The number of rotatable bonds is 3. The average Bonchev–Trinajstić information content (AvgIpc) is 2.44. The highest BCUT2D eigenvalue weighted by molar-refractivity contribution is 5.86. The number of amides is 1. The van der Waals surface area contributed by atoms with Crippen LogP contribution in [0.1, 0.15) is 26.7 Å². The van der Waals surface area contributed by atoms with Gasteiger partial charge >= 0.3 is 0 Å². The lowest BCUT2D eigenvalue weighted by Crippen LogP contribution is -2.33. The molecule has 2 N–H and O–H groups in total. The SMILES string of the molecule is CCC[C@@]1(C(N)=O)O[C@H]1C. The molecule has 3 heteroatoms. The maximum absolute atomic E-state index is 10.8. The van der Waals surface area contributed by atoms with Gasteiger partial charge in [-0.05, 0) is 13.3 Å². The number of nitrogens with two attached hydrogens (primary N) is 1. The zero-order chi connectivity index (χ0) is 7.78. The molecule has 0 radical (unpaired) electrons. The summed E-state index contributed by atoms with van der Waals surface area (Å²) in [4.78, 5) is 10.8. The summed E-state index contributed by atoms with van der Waals surface area (Å²) < 4.78 is 5.13. The molecule has 0 spiro atoms. The zero-order valence-electron chi connectivity index (χ0n) is 6.39. The Balaban J connectivity index is 2.55. The second kappa shape index (κ2) is 2.23. The maximum atomic E-state index is 10.8. The summed E-state index contributed by atoms with van der Waals surface area (Å²) in [5.74, 6) is -0.318. The summed E-state index contributed by atoms with van der Waals surface area (Å²) in [5, 5.41) is 0. The van der Waals surface area contributed by atoms with Gasteiger partial charge in [0, 0.05) is 0 Å². The topological polar surface area (TPSA) is 55.6 Å². The van der Waals surface area contributed by atoms with Gasteiger partial charge in [0.15, 0.2) is 5.60 Å². The third kappa shape index (κ3) is 0.904. The fourth-order valence-electron chi connectivity index (χ4n) is 1.30.